The van der Waals surface area contributed by atoms with Crippen molar-refractivity contribution in [1.82, 2.24) is 0 Å². The molecule has 0 heterocycles. The van der Waals surface area contributed by atoms with E-state index >= 15 is 0 Å². The topological polar surface area (TPSA) is 94.8 Å². The number of carboxylic acids is 2. The van der Waals surface area contributed by atoms with Crippen LogP contribution < -0.4 is 0 Å². The lowest BCUT2D eigenvalue weighted by Gasteiger charge is -2.25. The number of aliphatic hydroxyl groups excluding tert-OH is 1. The van der Waals surface area contributed by atoms with Crippen LogP contribution in [0.3, 0.4) is 0 Å². The number of rotatable bonds is 12. The molecule has 162 valence electrons. The molecule has 2 unspecified atom stereocenters. The molecule has 0 amide bonds. The van der Waals surface area contributed by atoms with Crippen LogP contribution in [0.15, 0.2) is 0 Å². The van der Waals surface area contributed by atoms with Gasteiger partial charge in [-0.2, -0.15) is 0 Å². The normalized spacial score (nSPS) is 22.5. The monoisotopic (exact) mass is 396 g/mol. The standard InChI is InChI=1S/C23H40O5/c24-21(15-19(22(25)26)13-11-17-7-3-1-4-8-17)16-20(23(27)28)14-12-18-9-5-2-6-10-18/h17-21,24H,1-16H2,(H,25,26)(H,27,28). The van der Waals surface area contributed by atoms with Crippen molar-refractivity contribution in [3.8, 4) is 0 Å². The van der Waals surface area contributed by atoms with E-state index in [2.05, 4.69) is 0 Å². The summed E-state index contributed by atoms with van der Waals surface area (Å²) in [5, 5.41) is 29.5. The molecule has 3 N–H and O–H groups in total. The fourth-order valence-corrected chi connectivity index (χ4v) is 5.26. The molecule has 0 aliphatic heterocycles. The summed E-state index contributed by atoms with van der Waals surface area (Å²) in [6, 6.07) is 0. The van der Waals surface area contributed by atoms with E-state index in [1.807, 2.05) is 0 Å². The number of aliphatic hydroxyl groups is 1. The van der Waals surface area contributed by atoms with E-state index in [1.165, 1.54) is 64.2 Å². The highest BCUT2D eigenvalue weighted by atomic mass is 16.4. The first-order valence-corrected chi connectivity index (χ1v) is 11.6. The number of carbonyl (C=O) groups is 2. The van der Waals surface area contributed by atoms with E-state index in [1.54, 1.807) is 0 Å². The van der Waals surface area contributed by atoms with Crippen molar-refractivity contribution in [2.24, 2.45) is 23.7 Å². The molecule has 5 nitrogen and oxygen atoms in total. The molecule has 0 radical (unpaired) electrons. The van der Waals surface area contributed by atoms with Crippen molar-refractivity contribution in [2.45, 2.75) is 109 Å². The van der Waals surface area contributed by atoms with Crippen LogP contribution in [0.5, 0.6) is 0 Å². The highest BCUT2D eigenvalue weighted by molar-refractivity contribution is 5.70. The lowest BCUT2D eigenvalue weighted by Crippen LogP contribution is -2.26. The Bertz CT molecular complexity index is 424. The van der Waals surface area contributed by atoms with Gasteiger partial charge in [0.15, 0.2) is 0 Å². The zero-order valence-electron chi connectivity index (χ0n) is 17.4. The van der Waals surface area contributed by atoms with Crippen LogP contribution in [0.2, 0.25) is 0 Å². The van der Waals surface area contributed by atoms with Crippen molar-refractivity contribution >= 4 is 11.9 Å². The lowest BCUT2D eigenvalue weighted by molar-refractivity contribution is -0.144. The number of carboxylic acid groups (broad SMARTS) is 2. The van der Waals surface area contributed by atoms with E-state index in [0.29, 0.717) is 24.7 Å². The number of hydrogen-bond acceptors (Lipinski definition) is 3. The van der Waals surface area contributed by atoms with Crippen molar-refractivity contribution in [3.05, 3.63) is 0 Å². The highest BCUT2D eigenvalue weighted by Crippen LogP contribution is 2.32. The predicted octanol–water partition coefficient (Wildman–Crippen LogP) is 5.25. The van der Waals surface area contributed by atoms with E-state index < -0.39 is 29.9 Å². The van der Waals surface area contributed by atoms with Gasteiger partial charge in [-0.25, -0.2) is 0 Å². The van der Waals surface area contributed by atoms with E-state index in [9.17, 15) is 24.9 Å². The Hall–Kier alpha value is -1.10. The Morgan fingerprint density at radius 3 is 1.36 bits per heavy atom. The molecule has 2 rings (SSSR count). The zero-order chi connectivity index (χ0) is 20.4. The quantitative estimate of drug-likeness (QED) is 0.419. The van der Waals surface area contributed by atoms with Crippen LogP contribution in [0.1, 0.15) is 103 Å². The first-order chi connectivity index (χ1) is 13.5. The summed E-state index contributed by atoms with van der Waals surface area (Å²) in [6.07, 6.45) is 14.8. The molecule has 2 fully saturated rings. The van der Waals surface area contributed by atoms with Gasteiger partial charge in [0, 0.05) is 0 Å². The molecular weight excluding hydrogens is 356 g/mol. The van der Waals surface area contributed by atoms with Gasteiger partial charge < -0.3 is 15.3 Å². The lowest BCUT2D eigenvalue weighted by atomic mass is 9.81. The minimum absolute atomic E-state index is 0.176. The Kier molecular flexibility index (Phi) is 10.3. The fraction of sp³-hybridized carbons (Fsp3) is 0.913. The molecule has 0 saturated heterocycles. The molecule has 2 saturated carbocycles. The van der Waals surface area contributed by atoms with E-state index in [-0.39, 0.29) is 12.8 Å². The summed E-state index contributed by atoms with van der Waals surface area (Å²) in [4.78, 5) is 23.3. The highest BCUT2D eigenvalue weighted by Gasteiger charge is 2.28. The largest absolute Gasteiger partial charge is 0.481 e. The SMILES string of the molecule is O=C(O)C(CCC1CCCCC1)CC(O)CC(CCC1CCCCC1)C(=O)O. The zero-order valence-corrected chi connectivity index (χ0v) is 17.4. The Balaban J connectivity index is 1.76. The van der Waals surface area contributed by atoms with Crippen LogP contribution in [-0.4, -0.2) is 33.4 Å². The van der Waals surface area contributed by atoms with Crippen molar-refractivity contribution in [2.75, 3.05) is 0 Å². The Labute approximate surface area is 169 Å². The summed E-state index contributed by atoms with van der Waals surface area (Å²) in [6.45, 7) is 0. The number of hydrogen-bond donors (Lipinski definition) is 3. The minimum Gasteiger partial charge on any atom is -0.481 e. The van der Waals surface area contributed by atoms with Crippen LogP contribution in [0.25, 0.3) is 0 Å². The van der Waals surface area contributed by atoms with Crippen LogP contribution >= 0.6 is 0 Å². The van der Waals surface area contributed by atoms with Gasteiger partial charge in [-0.3, -0.25) is 9.59 Å². The van der Waals surface area contributed by atoms with Gasteiger partial charge in [-0.15, -0.1) is 0 Å². The summed E-state index contributed by atoms with van der Waals surface area (Å²) >= 11 is 0. The van der Waals surface area contributed by atoms with Crippen molar-refractivity contribution < 1.29 is 24.9 Å². The van der Waals surface area contributed by atoms with Crippen LogP contribution in [-0.2, 0) is 9.59 Å². The summed E-state index contributed by atoms with van der Waals surface area (Å²) in [5.41, 5.74) is 0. The van der Waals surface area contributed by atoms with E-state index in [0.717, 1.165) is 12.8 Å². The molecule has 0 aromatic carbocycles. The van der Waals surface area contributed by atoms with Crippen molar-refractivity contribution in [3.63, 3.8) is 0 Å². The van der Waals surface area contributed by atoms with Gasteiger partial charge in [-0.1, -0.05) is 64.2 Å². The molecule has 28 heavy (non-hydrogen) atoms. The molecule has 0 aromatic heterocycles. The molecule has 2 aliphatic carbocycles. The summed E-state index contributed by atoms with van der Waals surface area (Å²) in [5.74, 6) is -1.60. The number of aliphatic carboxylic acids is 2. The molecule has 0 aromatic rings. The second-order valence-corrected chi connectivity index (χ2v) is 9.36. The maximum atomic E-state index is 11.6. The second kappa shape index (κ2) is 12.5. The second-order valence-electron chi connectivity index (χ2n) is 9.36. The van der Waals surface area contributed by atoms with Gasteiger partial charge in [0.1, 0.15) is 0 Å². The van der Waals surface area contributed by atoms with E-state index in [4.69, 9.17) is 0 Å². The molecule has 0 spiro atoms. The fourth-order valence-electron chi connectivity index (χ4n) is 5.26. The molecular formula is C23H40O5. The van der Waals surface area contributed by atoms with Gasteiger partial charge in [0.25, 0.3) is 0 Å². The summed E-state index contributed by atoms with van der Waals surface area (Å²) in [7, 11) is 0. The first kappa shape index (κ1) is 23.2. The van der Waals surface area contributed by atoms with Gasteiger partial charge in [-0.05, 0) is 50.4 Å². The van der Waals surface area contributed by atoms with Gasteiger partial charge in [0.2, 0.25) is 0 Å². The Morgan fingerprint density at radius 1 is 0.679 bits per heavy atom. The van der Waals surface area contributed by atoms with Crippen LogP contribution in [0, 0.1) is 23.7 Å². The molecule has 0 bridgehead atoms. The Morgan fingerprint density at radius 2 is 1.04 bits per heavy atom. The maximum absolute atomic E-state index is 11.6. The molecule has 2 aliphatic rings. The third-order valence-corrected chi connectivity index (χ3v) is 7.11. The molecule has 2 atom stereocenters. The van der Waals surface area contributed by atoms with Gasteiger partial charge in [0.05, 0.1) is 17.9 Å². The van der Waals surface area contributed by atoms with Crippen LogP contribution in [0.4, 0.5) is 0 Å². The average molecular weight is 397 g/mol. The smallest absolute Gasteiger partial charge is 0.306 e. The molecule has 5 heteroatoms. The predicted molar refractivity (Wildman–Crippen MR) is 109 cm³/mol. The van der Waals surface area contributed by atoms with Gasteiger partial charge >= 0.3 is 11.9 Å². The maximum Gasteiger partial charge on any atom is 0.306 e. The third-order valence-electron chi connectivity index (χ3n) is 7.11. The third kappa shape index (κ3) is 8.50. The average Bonchev–Trinajstić information content (AvgIpc) is 2.69. The minimum atomic E-state index is -0.857. The summed E-state index contributed by atoms with van der Waals surface area (Å²) < 4.78 is 0. The first-order valence-electron chi connectivity index (χ1n) is 11.6. The van der Waals surface area contributed by atoms with Crippen molar-refractivity contribution in [1.29, 1.82) is 0 Å².